The fourth-order valence-electron chi connectivity index (χ4n) is 1.23. The van der Waals surface area contributed by atoms with Crippen LogP contribution in [0.4, 0.5) is 4.79 Å². The van der Waals surface area contributed by atoms with Gasteiger partial charge in [0.25, 0.3) is 0 Å². The molecule has 0 aromatic heterocycles. The zero-order valence-electron chi connectivity index (χ0n) is 9.12. The first-order valence-electron chi connectivity index (χ1n) is 4.73. The van der Waals surface area contributed by atoms with Crippen LogP contribution in [-0.2, 0) is 4.74 Å². The van der Waals surface area contributed by atoms with Crippen molar-refractivity contribution in [3.63, 3.8) is 0 Å². The van der Waals surface area contributed by atoms with E-state index in [4.69, 9.17) is 10.00 Å². The largest absolute Gasteiger partial charge is 0.444 e. The molecule has 0 atom stereocenters. The Morgan fingerprint density at radius 3 is 2.07 bits per heavy atom. The summed E-state index contributed by atoms with van der Waals surface area (Å²) in [6.45, 7) is 10.9. The average molecular weight is 198 g/mol. The number of carbonyl (C=O) groups is 1. The van der Waals surface area contributed by atoms with Gasteiger partial charge in [-0.1, -0.05) is 0 Å². The summed E-state index contributed by atoms with van der Waals surface area (Å²) in [5.74, 6) is 0. The molecule has 14 heavy (non-hydrogen) atoms. The van der Waals surface area contributed by atoms with Crippen LogP contribution in [0, 0.1) is 11.8 Å². The van der Waals surface area contributed by atoms with E-state index in [9.17, 15) is 4.79 Å². The van der Waals surface area contributed by atoms with Gasteiger partial charge in [-0.25, -0.2) is 10.1 Å². The molecule has 1 heterocycles. The first-order valence-corrected chi connectivity index (χ1v) is 4.73. The Morgan fingerprint density at radius 1 is 1.29 bits per heavy atom. The third-order valence-corrected chi connectivity index (χ3v) is 1.76. The molecule has 4 heteroatoms. The highest BCUT2D eigenvalue weighted by atomic mass is 16.6. The molecule has 0 aromatic carbocycles. The highest BCUT2D eigenvalue weighted by Crippen LogP contribution is 2.14. The normalized spacial score (nSPS) is 15.6. The van der Waals surface area contributed by atoms with E-state index in [0.29, 0.717) is 0 Å². The molecule has 0 aromatic rings. The Balaban J connectivity index is 0.000000791. The van der Waals surface area contributed by atoms with E-state index in [0.717, 1.165) is 25.9 Å². The summed E-state index contributed by atoms with van der Waals surface area (Å²) in [6.07, 6.45) is 2.05. The fourth-order valence-corrected chi connectivity index (χ4v) is 1.23. The lowest BCUT2D eigenvalue weighted by Gasteiger charge is -2.23. The Hall–Kier alpha value is -1.24. The maximum absolute atomic E-state index is 11.4. The van der Waals surface area contributed by atoms with Crippen molar-refractivity contribution in [1.29, 1.82) is 5.26 Å². The van der Waals surface area contributed by atoms with Crippen molar-refractivity contribution < 1.29 is 9.53 Å². The molecule has 1 aliphatic heterocycles. The van der Waals surface area contributed by atoms with Gasteiger partial charge in [0.15, 0.2) is 0 Å². The zero-order chi connectivity index (χ0) is 11.2. The minimum atomic E-state index is -0.361. The maximum Gasteiger partial charge on any atom is 0.410 e. The first-order chi connectivity index (χ1) is 6.49. The lowest BCUT2D eigenvalue weighted by molar-refractivity contribution is 0.0295. The number of nitrogens with zero attached hydrogens (tertiary/aromatic N) is 2. The van der Waals surface area contributed by atoms with E-state index in [1.165, 1.54) is 0 Å². The van der Waals surface area contributed by atoms with Crippen molar-refractivity contribution in [2.24, 2.45) is 0 Å². The smallest absolute Gasteiger partial charge is 0.410 e. The van der Waals surface area contributed by atoms with Gasteiger partial charge in [0.1, 0.15) is 5.60 Å². The number of likely N-dealkylation sites (tertiary alicyclic amines) is 1. The van der Waals surface area contributed by atoms with Gasteiger partial charge in [-0.2, -0.15) is 0 Å². The molecule has 0 saturated carbocycles. The predicted molar refractivity (Wildman–Crippen MR) is 53.7 cm³/mol. The number of nitriles is 1. The zero-order valence-corrected chi connectivity index (χ0v) is 9.12. The molecule has 1 saturated heterocycles. The van der Waals surface area contributed by atoms with Crippen molar-refractivity contribution >= 4 is 6.09 Å². The van der Waals surface area contributed by atoms with Crippen LogP contribution in [0.2, 0.25) is 0 Å². The van der Waals surface area contributed by atoms with Crippen LogP contribution < -0.4 is 0 Å². The van der Waals surface area contributed by atoms with Gasteiger partial charge >= 0.3 is 6.09 Å². The molecule has 0 spiro atoms. The molecular weight excluding hydrogens is 180 g/mol. The van der Waals surface area contributed by atoms with Gasteiger partial charge in [-0.15, -0.1) is 0 Å². The van der Waals surface area contributed by atoms with Crippen LogP contribution in [0.15, 0.2) is 0 Å². The second-order valence-electron chi connectivity index (χ2n) is 4.17. The average Bonchev–Trinajstić information content (AvgIpc) is 2.56. The summed E-state index contributed by atoms with van der Waals surface area (Å²) in [5, 5.41) is 6.50. The predicted octanol–water partition coefficient (Wildman–Crippen LogP) is 2.16. The number of amides is 1. The summed E-state index contributed by atoms with van der Waals surface area (Å²) in [5.41, 5.74) is -0.361. The second kappa shape index (κ2) is 5.48. The number of hydrogen-bond donors (Lipinski definition) is 0. The molecule has 1 rings (SSSR count). The van der Waals surface area contributed by atoms with Crippen molar-refractivity contribution in [2.45, 2.75) is 39.2 Å². The number of carbonyl (C=O) groups excluding carboxylic acids is 1. The number of ether oxygens (including phenoxy) is 1. The monoisotopic (exact) mass is 198 g/mol. The lowest BCUT2D eigenvalue weighted by Crippen LogP contribution is -2.34. The Morgan fingerprint density at radius 2 is 1.71 bits per heavy atom. The molecule has 80 valence electrons. The Labute approximate surface area is 85.5 Å². The van der Waals surface area contributed by atoms with Crippen molar-refractivity contribution in [3.8, 4) is 6.57 Å². The van der Waals surface area contributed by atoms with Crippen molar-refractivity contribution in [3.05, 3.63) is 0 Å². The molecule has 4 nitrogen and oxygen atoms in total. The Bertz CT molecular complexity index is 200. The third-order valence-electron chi connectivity index (χ3n) is 1.76. The topological polar surface area (TPSA) is 53.3 Å². The van der Waals surface area contributed by atoms with E-state index in [1.54, 1.807) is 4.90 Å². The molecule has 1 fully saturated rings. The van der Waals surface area contributed by atoms with E-state index < -0.39 is 0 Å². The van der Waals surface area contributed by atoms with Gasteiger partial charge in [0, 0.05) is 19.7 Å². The lowest BCUT2D eigenvalue weighted by atomic mass is 10.2. The van der Waals surface area contributed by atoms with Gasteiger partial charge in [0.05, 0.1) is 0 Å². The summed E-state index contributed by atoms with van der Waals surface area (Å²) in [6, 6.07) is 0. The minimum Gasteiger partial charge on any atom is -0.444 e. The van der Waals surface area contributed by atoms with Gasteiger partial charge in [-0.3, -0.25) is 0 Å². The van der Waals surface area contributed by atoms with E-state index in [1.807, 2.05) is 20.8 Å². The van der Waals surface area contributed by atoms with Gasteiger partial charge in [-0.05, 0) is 33.6 Å². The van der Waals surface area contributed by atoms with Crippen LogP contribution in [-0.4, -0.2) is 29.7 Å². The quantitative estimate of drug-likeness (QED) is 0.599. The number of rotatable bonds is 0. The second-order valence-corrected chi connectivity index (χ2v) is 4.17. The van der Waals surface area contributed by atoms with Crippen LogP contribution in [0.25, 0.3) is 0 Å². The molecule has 1 aliphatic rings. The van der Waals surface area contributed by atoms with E-state index in [-0.39, 0.29) is 11.7 Å². The summed E-state index contributed by atoms with van der Waals surface area (Å²) in [4.78, 5) is 13.1. The minimum absolute atomic E-state index is 0.167. The summed E-state index contributed by atoms with van der Waals surface area (Å²) in [7, 11) is 0. The molecular formula is C10H18N2O2. The highest BCUT2D eigenvalue weighted by Gasteiger charge is 2.23. The SMILES string of the molecule is C#N.CC(C)(C)OC(=O)N1CCCC1. The molecule has 0 unspecified atom stereocenters. The molecule has 1 amide bonds. The van der Waals surface area contributed by atoms with Gasteiger partial charge < -0.3 is 9.64 Å². The molecule has 0 radical (unpaired) electrons. The van der Waals surface area contributed by atoms with Crippen LogP contribution in [0.1, 0.15) is 33.6 Å². The molecule has 0 N–H and O–H groups in total. The summed E-state index contributed by atoms with van der Waals surface area (Å²) >= 11 is 0. The van der Waals surface area contributed by atoms with Crippen LogP contribution >= 0.6 is 0 Å². The van der Waals surface area contributed by atoms with E-state index >= 15 is 0 Å². The third kappa shape index (κ3) is 4.70. The van der Waals surface area contributed by atoms with E-state index in [2.05, 4.69) is 6.57 Å². The van der Waals surface area contributed by atoms with Crippen molar-refractivity contribution in [2.75, 3.05) is 13.1 Å². The standard InChI is InChI=1S/C9H17NO2.CHN/c1-9(2,3)12-8(11)10-6-4-5-7-10;1-2/h4-7H2,1-3H3;1H. The fraction of sp³-hybridized carbons (Fsp3) is 0.800. The Kier molecular flexibility index (Phi) is 5.00. The van der Waals surface area contributed by atoms with Crippen molar-refractivity contribution in [1.82, 2.24) is 4.90 Å². The first kappa shape index (κ1) is 12.8. The number of hydrogen-bond acceptors (Lipinski definition) is 3. The summed E-state index contributed by atoms with van der Waals surface area (Å²) < 4.78 is 5.21. The molecule has 0 bridgehead atoms. The maximum atomic E-state index is 11.4. The van der Waals surface area contributed by atoms with Gasteiger partial charge in [0.2, 0.25) is 0 Å². The van der Waals surface area contributed by atoms with Crippen LogP contribution in [0.3, 0.4) is 0 Å². The van der Waals surface area contributed by atoms with Crippen LogP contribution in [0.5, 0.6) is 0 Å². The highest BCUT2D eigenvalue weighted by molar-refractivity contribution is 5.68. The molecule has 0 aliphatic carbocycles.